The number of benzene rings is 1. The van der Waals surface area contributed by atoms with Crippen LogP contribution in [0.15, 0.2) is 29.3 Å². The van der Waals surface area contributed by atoms with Gasteiger partial charge in [0.25, 0.3) is 0 Å². The normalized spacial score (nSPS) is 19.6. The van der Waals surface area contributed by atoms with Crippen LogP contribution in [0.5, 0.6) is 0 Å². The summed E-state index contributed by atoms with van der Waals surface area (Å²) in [6.45, 7) is 4.91. The van der Waals surface area contributed by atoms with Gasteiger partial charge in [-0.1, -0.05) is 43.9 Å². The molecule has 1 saturated carbocycles. The summed E-state index contributed by atoms with van der Waals surface area (Å²) >= 11 is 7.03. The average molecular weight is 464 g/mol. The highest BCUT2D eigenvalue weighted by Gasteiger charge is 2.16. The van der Waals surface area contributed by atoms with Crippen LogP contribution in [0.1, 0.15) is 44.9 Å². The van der Waals surface area contributed by atoms with E-state index < -0.39 is 0 Å². The molecule has 2 fully saturated rings. The monoisotopic (exact) mass is 463 g/mol. The van der Waals surface area contributed by atoms with Gasteiger partial charge in [0.1, 0.15) is 0 Å². The lowest BCUT2D eigenvalue weighted by atomic mass is 9.93. The van der Waals surface area contributed by atoms with Crippen molar-refractivity contribution in [3.8, 4) is 0 Å². The molecule has 6 nitrogen and oxygen atoms in total. The average Bonchev–Trinajstić information content (AvgIpc) is 2.74. The number of aliphatic hydroxyl groups excluding tert-OH is 1. The van der Waals surface area contributed by atoms with Gasteiger partial charge in [-0.25, -0.2) is 0 Å². The van der Waals surface area contributed by atoms with Crippen LogP contribution in [0.2, 0.25) is 0 Å². The van der Waals surface area contributed by atoms with E-state index in [4.69, 9.17) is 23.1 Å². The molecular weight excluding hydrogens is 426 g/mol. The number of nitrogens with one attached hydrogen (secondary N) is 1. The third-order valence-corrected chi connectivity index (χ3v) is 7.39. The largest absolute Gasteiger partial charge is 0.395 e. The van der Waals surface area contributed by atoms with Crippen molar-refractivity contribution in [2.45, 2.75) is 44.9 Å². The van der Waals surface area contributed by atoms with E-state index in [1.54, 1.807) is 11.8 Å². The molecule has 2 aliphatic rings. The van der Waals surface area contributed by atoms with Gasteiger partial charge in [-0.15, -0.1) is 0 Å². The van der Waals surface area contributed by atoms with Crippen LogP contribution in [0.3, 0.4) is 0 Å². The van der Waals surface area contributed by atoms with Gasteiger partial charge in [0.2, 0.25) is 0 Å². The van der Waals surface area contributed by atoms with E-state index in [1.807, 2.05) is 12.1 Å². The molecule has 0 spiro atoms. The molecule has 3 rings (SSSR count). The van der Waals surface area contributed by atoms with Gasteiger partial charge < -0.3 is 21.1 Å². The highest BCUT2D eigenvalue weighted by molar-refractivity contribution is 8.13. The van der Waals surface area contributed by atoms with Crippen LogP contribution < -0.4 is 16.0 Å². The lowest BCUT2D eigenvalue weighted by molar-refractivity contribution is 0.189. The van der Waals surface area contributed by atoms with E-state index in [1.165, 1.54) is 50.6 Å². The number of nitrogens with two attached hydrogens (primary N) is 1. The summed E-state index contributed by atoms with van der Waals surface area (Å²) in [5.41, 5.74) is 8.26. The number of nitrogens with zero attached hydrogens (tertiary/aromatic N) is 3. The Kier molecular flexibility index (Phi) is 10.4. The molecular formula is C23H37N5OS2. The summed E-state index contributed by atoms with van der Waals surface area (Å²) in [5, 5.41) is 13.2. The molecule has 31 heavy (non-hydrogen) atoms. The standard InChI is InChI=1S/C23H37N5OS2/c24-22(31-18-19-6-4-2-1-3-5-7-19)26-23(30)25-20-8-10-21(11-9-20)28-14-12-27(13-15-28)16-17-29/h8-11,19,29H,1-7,12-18H2,(H3,24,25,26,30). The molecule has 172 valence electrons. The molecule has 1 aromatic carbocycles. The Hall–Kier alpha value is -1.35. The number of thiocarbonyl (C=S) groups is 1. The van der Waals surface area contributed by atoms with Crippen molar-refractivity contribution in [1.82, 2.24) is 4.90 Å². The Bertz CT molecular complexity index is 696. The van der Waals surface area contributed by atoms with Gasteiger partial charge in [-0.05, 0) is 55.2 Å². The fourth-order valence-corrected chi connectivity index (χ4v) is 5.49. The summed E-state index contributed by atoms with van der Waals surface area (Å²) in [7, 11) is 0. The van der Waals surface area contributed by atoms with E-state index in [0.717, 1.165) is 50.1 Å². The van der Waals surface area contributed by atoms with Gasteiger partial charge in [-0.2, -0.15) is 4.99 Å². The summed E-state index contributed by atoms with van der Waals surface area (Å²) < 4.78 is 0. The van der Waals surface area contributed by atoms with Gasteiger partial charge in [-0.3, -0.25) is 4.90 Å². The highest BCUT2D eigenvalue weighted by Crippen LogP contribution is 2.25. The van der Waals surface area contributed by atoms with Crippen molar-refractivity contribution in [3.05, 3.63) is 24.3 Å². The van der Waals surface area contributed by atoms with Crippen molar-refractivity contribution in [2.24, 2.45) is 16.6 Å². The summed E-state index contributed by atoms with van der Waals surface area (Å²) in [4.78, 5) is 9.05. The van der Waals surface area contributed by atoms with E-state index in [0.29, 0.717) is 10.3 Å². The minimum Gasteiger partial charge on any atom is -0.395 e. The predicted molar refractivity (Wildman–Crippen MR) is 138 cm³/mol. The number of aliphatic hydroxyl groups is 1. The molecule has 1 saturated heterocycles. The molecule has 0 bridgehead atoms. The Morgan fingerprint density at radius 2 is 1.71 bits per heavy atom. The molecule has 1 aromatic rings. The quantitative estimate of drug-likeness (QED) is 0.335. The Morgan fingerprint density at radius 1 is 1.06 bits per heavy atom. The minimum absolute atomic E-state index is 0.229. The molecule has 1 heterocycles. The fraction of sp³-hybridized carbons (Fsp3) is 0.652. The molecule has 1 aliphatic heterocycles. The van der Waals surface area contributed by atoms with Crippen molar-refractivity contribution in [2.75, 3.05) is 55.3 Å². The minimum atomic E-state index is 0.229. The van der Waals surface area contributed by atoms with E-state index in [9.17, 15) is 0 Å². The number of hydrogen-bond donors (Lipinski definition) is 3. The Morgan fingerprint density at radius 3 is 2.35 bits per heavy atom. The van der Waals surface area contributed by atoms with Crippen LogP contribution in [-0.4, -0.2) is 65.4 Å². The maximum absolute atomic E-state index is 9.08. The lowest BCUT2D eigenvalue weighted by Gasteiger charge is -2.35. The zero-order valence-corrected chi connectivity index (χ0v) is 20.1. The highest BCUT2D eigenvalue weighted by atomic mass is 32.2. The zero-order valence-electron chi connectivity index (χ0n) is 18.5. The number of β-amino-alcohol motifs (C(OH)–C–C–N with tert-alkyl or cyclic N) is 1. The Balaban J connectivity index is 1.42. The maximum atomic E-state index is 9.08. The smallest absolute Gasteiger partial charge is 0.199 e. The summed E-state index contributed by atoms with van der Waals surface area (Å²) in [6.07, 6.45) is 9.45. The first-order chi connectivity index (χ1) is 15.1. The molecule has 1 aliphatic carbocycles. The topological polar surface area (TPSA) is 77.1 Å². The lowest BCUT2D eigenvalue weighted by Crippen LogP contribution is -2.47. The first kappa shape index (κ1) is 24.3. The van der Waals surface area contributed by atoms with Crippen molar-refractivity contribution < 1.29 is 5.11 Å². The first-order valence-electron chi connectivity index (χ1n) is 11.6. The second kappa shape index (κ2) is 13.3. The van der Waals surface area contributed by atoms with Gasteiger partial charge in [0.05, 0.1) is 6.61 Å². The zero-order chi connectivity index (χ0) is 21.9. The second-order valence-electron chi connectivity index (χ2n) is 8.50. The number of amidine groups is 1. The molecule has 0 unspecified atom stereocenters. The van der Waals surface area contributed by atoms with Gasteiger partial charge >= 0.3 is 0 Å². The van der Waals surface area contributed by atoms with Crippen molar-refractivity contribution in [3.63, 3.8) is 0 Å². The van der Waals surface area contributed by atoms with Gasteiger partial charge in [0, 0.05) is 49.9 Å². The third kappa shape index (κ3) is 8.60. The van der Waals surface area contributed by atoms with Crippen LogP contribution in [-0.2, 0) is 0 Å². The summed E-state index contributed by atoms with van der Waals surface area (Å²) in [6, 6.07) is 8.30. The number of anilines is 2. The number of rotatable bonds is 6. The second-order valence-corrected chi connectivity index (χ2v) is 9.93. The molecule has 0 radical (unpaired) electrons. The van der Waals surface area contributed by atoms with E-state index in [-0.39, 0.29) is 6.61 Å². The maximum Gasteiger partial charge on any atom is 0.199 e. The fourth-order valence-electron chi connectivity index (χ4n) is 4.32. The predicted octanol–water partition coefficient (Wildman–Crippen LogP) is 3.91. The summed E-state index contributed by atoms with van der Waals surface area (Å²) in [5.74, 6) is 1.79. The number of piperazine rings is 1. The van der Waals surface area contributed by atoms with Crippen molar-refractivity contribution in [1.29, 1.82) is 0 Å². The van der Waals surface area contributed by atoms with Gasteiger partial charge in [0.15, 0.2) is 10.3 Å². The van der Waals surface area contributed by atoms with Crippen LogP contribution in [0.4, 0.5) is 11.4 Å². The number of hydrogen-bond acceptors (Lipinski definition) is 5. The van der Waals surface area contributed by atoms with Crippen LogP contribution in [0, 0.1) is 5.92 Å². The first-order valence-corrected chi connectivity index (χ1v) is 13.0. The van der Waals surface area contributed by atoms with Crippen molar-refractivity contribution >= 4 is 45.6 Å². The third-order valence-electron chi connectivity index (χ3n) is 6.18. The molecule has 0 aromatic heterocycles. The molecule has 8 heteroatoms. The van der Waals surface area contributed by atoms with E-state index >= 15 is 0 Å². The van der Waals surface area contributed by atoms with E-state index in [2.05, 4.69) is 32.2 Å². The molecule has 0 amide bonds. The van der Waals surface area contributed by atoms with Crippen LogP contribution in [0.25, 0.3) is 0 Å². The SMILES string of the molecule is N/C(=N\C(=S)Nc1ccc(N2CCN(CCO)CC2)cc1)SCC1CCCCCCC1. The number of aliphatic imine (C=N–C) groups is 1. The Labute approximate surface area is 196 Å². The molecule has 0 atom stereocenters. The molecule has 4 N–H and O–H groups in total. The number of thioether (sulfide) groups is 1. The van der Waals surface area contributed by atoms with Crippen LogP contribution >= 0.6 is 24.0 Å².